The molecule has 2 aliphatic rings. The van der Waals surface area contributed by atoms with E-state index in [4.69, 9.17) is 4.74 Å². The maximum absolute atomic E-state index is 13.8. The molecule has 0 aliphatic carbocycles. The van der Waals surface area contributed by atoms with Crippen LogP contribution in [0.3, 0.4) is 0 Å². The fourth-order valence-electron chi connectivity index (χ4n) is 2.64. The molecule has 6 heteroatoms. The summed E-state index contributed by atoms with van der Waals surface area (Å²) in [6.07, 6.45) is -0.241. The van der Waals surface area contributed by atoms with Gasteiger partial charge in [-0.05, 0) is 33.7 Å². The van der Waals surface area contributed by atoms with Gasteiger partial charge in [0.15, 0.2) is 0 Å². The maximum Gasteiger partial charge on any atom is 0.410 e. The Morgan fingerprint density at radius 3 is 2.72 bits per heavy atom. The predicted molar refractivity (Wildman–Crippen MR) is 62.7 cm³/mol. The molecule has 0 bridgehead atoms. The largest absolute Gasteiger partial charge is 0.444 e. The van der Waals surface area contributed by atoms with E-state index < -0.39 is 36.1 Å². The van der Waals surface area contributed by atoms with Crippen LogP contribution in [0.2, 0.25) is 0 Å². The van der Waals surface area contributed by atoms with Gasteiger partial charge >= 0.3 is 6.09 Å². The first kappa shape index (κ1) is 13.5. The molecular weight excluding hydrogens is 242 g/mol. The van der Waals surface area contributed by atoms with Crippen molar-refractivity contribution in [3.63, 3.8) is 0 Å². The van der Waals surface area contributed by atoms with E-state index in [-0.39, 0.29) is 0 Å². The first-order valence-electron chi connectivity index (χ1n) is 6.29. The summed E-state index contributed by atoms with van der Waals surface area (Å²) < 4.78 is 32.9. The summed E-state index contributed by atoms with van der Waals surface area (Å²) in [5.74, 6) is -3.55. The number of rotatable bonds is 0. The van der Waals surface area contributed by atoms with Crippen molar-refractivity contribution in [3.05, 3.63) is 0 Å². The van der Waals surface area contributed by atoms with Crippen LogP contribution in [0, 0.1) is 5.92 Å². The van der Waals surface area contributed by atoms with Gasteiger partial charge in [0.1, 0.15) is 5.60 Å². The smallest absolute Gasteiger partial charge is 0.410 e. The molecule has 0 spiro atoms. The van der Waals surface area contributed by atoms with Crippen LogP contribution in [0.1, 0.15) is 27.2 Å². The first-order valence-corrected chi connectivity index (χ1v) is 6.29. The third-order valence-electron chi connectivity index (χ3n) is 3.40. The van der Waals surface area contributed by atoms with Crippen molar-refractivity contribution in [1.29, 1.82) is 0 Å². The van der Waals surface area contributed by atoms with Crippen LogP contribution in [0.25, 0.3) is 0 Å². The van der Waals surface area contributed by atoms with Gasteiger partial charge in [0.05, 0.1) is 12.6 Å². The molecule has 18 heavy (non-hydrogen) atoms. The third-order valence-corrected chi connectivity index (χ3v) is 3.40. The van der Waals surface area contributed by atoms with Crippen LogP contribution in [0.15, 0.2) is 0 Å². The average Bonchev–Trinajstić information content (AvgIpc) is 2.50. The van der Waals surface area contributed by atoms with Gasteiger partial charge in [-0.15, -0.1) is 0 Å². The van der Waals surface area contributed by atoms with E-state index in [2.05, 4.69) is 5.32 Å². The van der Waals surface area contributed by atoms with Crippen LogP contribution in [0.4, 0.5) is 13.6 Å². The number of carbonyl (C=O) groups is 1. The molecule has 0 aromatic carbocycles. The van der Waals surface area contributed by atoms with Crippen LogP contribution >= 0.6 is 0 Å². The minimum absolute atomic E-state index is 0.400. The first-order chi connectivity index (χ1) is 8.21. The standard InChI is InChI=1S/C12H20F2N2O2/c1-11(2,3)18-10(17)16-7-12(13,14)8-4-5-15-6-9(8)16/h8-9,15H,4-7H2,1-3H3. The van der Waals surface area contributed by atoms with E-state index >= 15 is 0 Å². The number of nitrogens with one attached hydrogen (secondary N) is 1. The molecule has 0 radical (unpaired) electrons. The molecule has 1 amide bonds. The molecule has 2 atom stereocenters. The number of halogens is 2. The van der Waals surface area contributed by atoms with E-state index in [1.165, 1.54) is 4.90 Å². The molecule has 2 aliphatic heterocycles. The fourth-order valence-corrected chi connectivity index (χ4v) is 2.64. The lowest BCUT2D eigenvalue weighted by atomic mass is 9.91. The van der Waals surface area contributed by atoms with Gasteiger partial charge in [-0.25, -0.2) is 13.6 Å². The molecule has 0 saturated carbocycles. The number of piperidine rings is 1. The lowest BCUT2D eigenvalue weighted by Crippen LogP contribution is -2.49. The van der Waals surface area contributed by atoms with Crippen molar-refractivity contribution in [3.8, 4) is 0 Å². The summed E-state index contributed by atoms with van der Waals surface area (Å²) in [5, 5.41) is 3.06. The number of hydrogen-bond donors (Lipinski definition) is 1. The third kappa shape index (κ3) is 2.58. The summed E-state index contributed by atoms with van der Waals surface area (Å²) in [6.45, 7) is 5.67. The average molecular weight is 262 g/mol. The number of likely N-dealkylation sites (tertiary alicyclic amines) is 1. The molecule has 2 fully saturated rings. The molecule has 1 N–H and O–H groups in total. The van der Waals surface area contributed by atoms with Gasteiger partial charge in [-0.1, -0.05) is 0 Å². The van der Waals surface area contributed by atoms with Gasteiger partial charge in [0, 0.05) is 12.5 Å². The molecule has 2 heterocycles. The Balaban J connectivity index is 2.12. The number of fused-ring (bicyclic) bond motifs is 1. The fraction of sp³-hybridized carbons (Fsp3) is 0.917. The monoisotopic (exact) mass is 262 g/mol. The van der Waals surface area contributed by atoms with Gasteiger partial charge in [0.2, 0.25) is 0 Å². The summed E-state index contributed by atoms with van der Waals surface area (Å²) in [7, 11) is 0. The van der Waals surface area contributed by atoms with E-state index in [0.29, 0.717) is 19.5 Å². The highest BCUT2D eigenvalue weighted by atomic mass is 19.3. The quantitative estimate of drug-likeness (QED) is 0.724. The molecule has 4 nitrogen and oxygen atoms in total. The molecule has 104 valence electrons. The summed E-state index contributed by atoms with van der Waals surface area (Å²) in [6, 6.07) is -0.455. The maximum atomic E-state index is 13.8. The number of hydrogen-bond acceptors (Lipinski definition) is 3. The van der Waals surface area contributed by atoms with E-state index in [1.54, 1.807) is 20.8 Å². The Bertz CT molecular complexity index is 341. The molecule has 0 aromatic rings. The Morgan fingerprint density at radius 2 is 2.11 bits per heavy atom. The number of amides is 1. The zero-order valence-electron chi connectivity index (χ0n) is 11.0. The van der Waals surface area contributed by atoms with Crippen molar-refractivity contribution in [2.24, 2.45) is 5.92 Å². The Hall–Kier alpha value is -0.910. The SMILES string of the molecule is CC(C)(C)OC(=O)N1CC(F)(F)C2CCNCC21. The van der Waals surface area contributed by atoms with Gasteiger partial charge in [-0.2, -0.15) is 0 Å². The van der Waals surface area contributed by atoms with E-state index in [0.717, 1.165) is 0 Å². The Labute approximate surface area is 106 Å². The molecule has 0 aromatic heterocycles. The summed E-state index contributed by atoms with van der Waals surface area (Å²) >= 11 is 0. The molecule has 2 saturated heterocycles. The highest BCUT2D eigenvalue weighted by Gasteiger charge is 2.56. The van der Waals surface area contributed by atoms with Crippen molar-refractivity contribution in [2.45, 2.75) is 44.8 Å². The van der Waals surface area contributed by atoms with E-state index in [1.807, 2.05) is 0 Å². The number of alkyl halides is 2. The zero-order valence-corrected chi connectivity index (χ0v) is 11.0. The van der Waals surface area contributed by atoms with Crippen molar-refractivity contribution < 1.29 is 18.3 Å². The van der Waals surface area contributed by atoms with Gasteiger partial charge in [-0.3, -0.25) is 4.90 Å². The zero-order chi connectivity index (χ0) is 13.6. The van der Waals surface area contributed by atoms with Crippen LogP contribution in [0.5, 0.6) is 0 Å². The summed E-state index contributed by atoms with van der Waals surface area (Å²) in [4.78, 5) is 13.1. The Kier molecular flexibility index (Phi) is 3.25. The Morgan fingerprint density at radius 1 is 1.44 bits per heavy atom. The predicted octanol–water partition coefficient (Wildman–Crippen LogP) is 1.85. The number of ether oxygens (including phenoxy) is 1. The van der Waals surface area contributed by atoms with Crippen LogP contribution in [-0.4, -0.2) is 48.2 Å². The lowest BCUT2D eigenvalue weighted by Gasteiger charge is -2.33. The number of carbonyl (C=O) groups excluding carboxylic acids is 1. The molecular formula is C12H20F2N2O2. The lowest BCUT2D eigenvalue weighted by molar-refractivity contribution is -0.0365. The normalized spacial score (nSPS) is 31.1. The van der Waals surface area contributed by atoms with Crippen molar-refractivity contribution >= 4 is 6.09 Å². The highest BCUT2D eigenvalue weighted by molar-refractivity contribution is 5.69. The van der Waals surface area contributed by atoms with Gasteiger partial charge < -0.3 is 10.1 Å². The second-order valence-corrected chi connectivity index (χ2v) is 6.04. The second-order valence-electron chi connectivity index (χ2n) is 6.04. The van der Waals surface area contributed by atoms with E-state index in [9.17, 15) is 13.6 Å². The van der Waals surface area contributed by atoms with Crippen LogP contribution in [-0.2, 0) is 4.74 Å². The molecule has 2 rings (SSSR count). The minimum Gasteiger partial charge on any atom is -0.444 e. The minimum atomic E-state index is -2.80. The van der Waals surface area contributed by atoms with Crippen molar-refractivity contribution in [1.82, 2.24) is 10.2 Å². The topological polar surface area (TPSA) is 41.6 Å². The number of nitrogens with zero attached hydrogens (tertiary/aromatic N) is 1. The molecule has 2 unspecified atom stereocenters. The second kappa shape index (κ2) is 4.33. The van der Waals surface area contributed by atoms with Crippen molar-refractivity contribution in [2.75, 3.05) is 19.6 Å². The van der Waals surface area contributed by atoms with Crippen LogP contribution < -0.4 is 5.32 Å². The van der Waals surface area contributed by atoms with Gasteiger partial charge in [0.25, 0.3) is 5.92 Å². The highest BCUT2D eigenvalue weighted by Crippen LogP contribution is 2.41. The summed E-state index contributed by atoms with van der Waals surface area (Å²) in [5.41, 5.74) is -0.660.